The quantitative estimate of drug-likeness (QED) is 0.621. The first-order chi connectivity index (χ1) is 6.54. The molecular weight excluding hydrogens is 266 g/mol. The van der Waals surface area contributed by atoms with E-state index in [1.54, 1.807) is 24.3 Å². The van der Waals surface area contributed by atoms with Crippen LogP contribution in [0.25, 0.3) is 6.08 Å². The van der Waals surface area contributed by atoms with Gasteiger partial charge in [-0.1, -0.05) is 6.92 Å². The molecule has 0 bridgehead atoms. The van der Waals surface area contributed by atoms with Crippen LogP contribution < -0.4 is 0 Å². The predicted octanol–water partition coefficient (Wildman–Crippen LogP) is 3.85. The van der Waals surface area contributed by atoms with Crippen molar-refractivity contribution < 1.29 is 4.92 Å². The molecule has 1 aromatic heterocycles. The van der Waals surface area contributed by atoms with E-state index < -0.39 is 0 Å². The second kappa shape index (κ2) is 4.70. The van der Waals surface area contributed by atoms with Gasteiger partial charge in [0.05, 0.1) is 4.92 Å². The van der Waals surface area contributed by atoms with Crippen LogP contribution in [-0.2, 0) is 0 Å². The number of halogens is 1. The molecule has 1 aromatic rings. The molecule has 0 fully saturated rings. The van der Waals surface area contributed by atoms with Gasteiger partial charge in [-0.05, 0) is 28.9 Å². The van der Waals surface area contributed by atoms with E-state index in [9.17, 15) is 10.1 Å². The van der Waals surface area contributed by atoms with Crippen molar-refractivity contribution in [3.05, 3.63) is 36.1 Å². The van der Waals surface area contributed by atoms with Crippen LogP contribution in [0.3, 0.4) is 0 Å². The standard InChI is InChI=1S/C9H10BrNO2S/c1-3-7(11(12)13)4-8-5-9(10)6(2)14-8/h4-5H,3H2,1-2H3. The molecule has 0 aromatic carbocycles. The zero-order chi connectivity index (χ0) is 10.7. The molecular formula is C9H10BrNO2S. The molecule has 0 amide bonds. The van der Waals surface area contributed by atoms with E-state index in [-0.39, 0.29) is 10.6 Å². The number of nitro groups is 1. The monoisotopic (exact) mass is 275 g/mol. The van der Waals surface area contributed by atoms with Crippen LogP contribution >= 0.6 is 27.3 Å². The molecule has 0 atom stereocenters. The molecule has 0 unspecified atom stereocenters. The van der Waals surface area contributed by atoms with Gasteiger partial charge in [-0.2, -0.15) is 0 Å². The number of hydrogen-bond acceptors (Lipinski definition) is 3. The van der Waals surface area contributed by atoms with Crippen LogP contribution in [0, 0.1) is 17.0 Å². The van der Waals surface area contributed by atoms with E-state index in [1.807, 2.05) is 13.0 Å². The smallest absolute Gasteiger partial charge is 0.247 e. The highest BCUT2D eigenvalue weighted by atomic mass is 79.9. The highest BCUT2D eigenvalue weighted by Crippen LogP contribution is 2.28. The van der Waals surface area contributed by atoms with Gasteiger partial charge in [0.1, 0.15) is 0 Å². The Kier molecular flexibility index (Phi) is 3.83. The number of nitrogens with zero attached hydrogens (tertiary/aromatic N) is 1. The van der Waals surface area contributed by atoms with Crippen molar-refractivity contribution in [3.8, 4) is 0 Å². The maximum atomic E-state index is 10.6. The Labute approximate surface area is 94.7 Å². The molecule has 1 heterocycles. The van der Waals surface area contributed by atoms with Crippen LogP contribution in [0.15, 0.2) is 16.2 Å². The molecule has 0 spiro atoms. The Hall–Kier alpha value is -0.680. The van der Waals surface area contributed by atoms with Crippen LogP contribution in [0.4, 0.5) is 0 Å². The Morgan fingerprint density at radius 3 is 2.79 bits per heavy atom. The second-order valence-electron chi connectivity index (χ2n) is 2.80. The summed E-state index contributed by atoms with van der Waals surface area (Å²) in [6, 6.07) is 1.90. The largest absolute Gasteiger partial charge is 0.259 e. The van der Waals surface area contributed by atoms with E-state index in [4.69, 9.17) is 0 Å². The first-order valence-corrected chi connectivity index (χ1v) is 5.76. The topological polar surface area (TPSA) is 43.1 Å². The summed E-state index contributed by atoms with van der Waals surface area (Å²) in [5, 5.41) is 10.6. The van der Waals surface area contributed by atoms with Gasteiger partial charge in [-0.3, -0.25) is 10.1 Å². The summed E-state index contributed by atoms with van der Waals surface area (Å²) in [7, 11) is 0. The summed E-state index contributed by atoms with van der Waals surface area (Å²) in [5.74, 6) is 0. The van der Waals surface area contributed by atoms with Gasteiger partial charge >= 0.3 is 0 Å². The van der Waals surface area contributed by atoms with Crippen LogP contribution in [0.2, 0.25) is 0 Å². The van der Waals surface area contributed by atoms with Gasteiger partial charge in [0, 0.05) is 26.7 Å². The Morgan fingerprint density at radius 2 is 2.43 bits per heavy atom. The van der Waals surface area contributed by atoms with Crippen LogP contribution in [0.5, 0.6) is 0 Å². The third-order valence-corrected chi connectivity index (χ3v) is 3.87. The van der Waals surface area contributed by atoms with Crippen molar-refractivity contribution in [2.45, 2.75) is 20.3 Å². The molecule has 0 N–H and O–H groups in total. The lowest BCUT2D eigenvalue weighted by molar-refractivity contribution is -0.425. The van der Waals surface area contributed by atoms with Gasteiger partial charge < -0.3 is 0 Å². The summed E-state index contributed by atoms with van der Waals surface area (Å²) in [6.07, 6.45) is 2.07. The third-order valence-electron chi connectivity index (χ3n) is 1.78. The molecule has 76 valence electrons. The van der Waals surface area contributed by atoms with Gasteiger partial charge in [0.25, 0.3) is 0 Å². The highest BCUT2D eigenvalue weighted by molar-refractivity contribution is 9.10. The van der Waals surface area contributed by atoms with E-state index in [0.717, 1.165) is 14.2 Å². The Balaban J connectivity index is 3.00. The van der Waals surface area contributed by atoms with Crippen molar-refractivity contribution in [1.29, 1.82) is 0 Å². The average Bonchev–Trinajstić information content (AvgIpc) is 2.41. The van der Waals surface area contributed by atoms with E-state index >= 15 is 0 Å². The Bertz CT molecular complexity index is 365. The molecule has 0 aliphatic carbocycles. The molecule has 3 nitrogen and oxygen atoms in total. The van der Waals surface area contributed by atoms with Crippen LogP contribution in [0.1, 0.15) is 23.1 Å². The normalized spacial score (nSPS) is 11.8. The van der Waals surface area contributed by atoms with Gasteiger partial charge in [-0.25, -0.2) is 0 Å². The molecule has 0 aliphatic rings. The molecule has 0 radical (unpaired) electrons. The minimum atomic E-state index is -0.330. The number of aryl methyl sites for hydroxylation is 1. The zero-order valence-corrected chi connectivity index (χ0v) is 10.3. The van der Waals surface area contributed by atoms with Crippen LogP contribution in [-0.4, -0.2) is 4.92 Å². The minimum Gasteiger partial charge on any atom is -0.259 e. The molecule has 5 heteroatoms. The average molecular weight is 276 g/mol. The highest BCUT2D eigenvalue weighted by Gasteiger charge is 2.09. The van der Waals surface area contributed by atoms with Gasteiger partial charge in [-0.15, -0.1) is 11.3 Å². The first-order valence-electron chi connectivity index (χ1n) is 4.15. The van der Waals surface area contributed by atoms with Crippen molar-refractivity contribution >= 4 is 33.3 Å². The summed E-state index contributed by atoms with van der Waals surface area (Å²) in [5.41, 5.74) is 0.249. The number of thiophene rings is 1. The lowest BCUT2D eigenvalue weighted by atomic mass is 10.3. The van der Waals surface area contributed by atoms with Crippen molar-refractivity contribution in [1.82, 2.24) is 0 Å². The van der Waals surface area contributed by atoms with Crippen molar-refractivity contribution in [2.75, 3.05) is 0 Å². The van der Waals surface area contributed by atoms with E-state index in [0.29, 0.717) is 6.42 Å². The summed E-state index contributed by atoms with van der Waals surface area (Å²) >= 11 is 4.92. The van der Waals surface area contributed by atoms with Gasteiger partial charge in [0.2, 0.25) is 5.70 Å². The lowest BCUT2D eigenvalue weighted by Gasteiger charge is -1.91. The minimum absolute atomic E-state index is 0.249. The molecule has 0 saturated heterocycles. The summed E-state index contributed by atoms with van der Waals surface area (Å²) in [6.45, 7) is 3.76. The molecule has 0 saturated carbocycles. The number of rotatable bonds is 3. The Morgan fingerprint density at radius 1 is 1.79 bits per heavy atom. The van der Waals surface area contributed by atoms with Gasteiger partial charge in [0.15, 0.2) is 0 Å². The summed E-state index contributed by atoms with van der Waals surface area (Å²) < 4.78 is 1.01. The van der Waals surface area contributed by atoms with Crippen molar-refractivity contribution in [3.63, 3.8) is 0 Å². The fourth-order valence-electron chi connectivity index (χ4n) is 1.00. The second-order valence-corrected chi connectivity index (χ2v) is 4.94. The fraction of sp³-hybridized carbons (Fsp3) is 0.333. The fourth-order valence-corrected chi connectivity index (χ4v) is 2.52. The SMILES string of the molecule is CCC(=Cc1cc(Br)c(C)s1)[N+](=O)[O-]. The zero-order valence-electron chi connectivity index (χ0n) is 7.91. The number of allylic oxidation sites excluding steroid dienone is 1. The van der Waals surface area contributed by atoms with E-state index in [1.165, 1.54) is 0 Å². The van der Waals surface area contributed by atoms with E-state index in [2.05, 4.69) is 15.9 Å². The first kappa shape index (κ1) is 11.4. The predicted molar refractivity (Wildman–Crippen MR) is 62.0 cm³/mol. The molecule has 1 rings (SSSR count). The summed E-state index contributed by atoms with van der Waals surface area (Å²) in [4.78, 5) is 12.3. The molecule has 14 heavy (non-hydrogen) atoms. The number of hydrogen-bond donors (Lipinski definition) is 0. The maximum Gasteiger partial charge on any atom is 0.247 e. The molecule has 0 aliphatic heterocycles. The maximum absolute atomic E-state index is 10.6. The van der Waals surface area contributed by atoms with Crippen molar-refractivity contribution in [2.24, 2.45) is 0 Å². The lowest BCUT2D eigenvalue weighted by Crippen LogP contribution is -1.95. The third kappa shape index (κ3) is 2.65.